The molecular weight excluding hydrogens is 224 g/mol. The average molecular weight is 248 g/mol. The first-order valence-electron chi connectivity index (χ1n) is 6.78. The molecule has 0 saturated heterocycles. The molecule has 18 heavy (non-hydrogen) atoms. The van der Waals surface area contributed by atoms with Gasteiger partial charge in [0, 0.05) is 6.42 Å². The lowest BCUT2D eigenvalue weighted by molar-refractivity contribution is -0.0822. The van der Waals surface area contributed by atoms with Gasteiger partial charge in [0.05, 0.1) is 6.61 Å². The minimum atomic E-state index is -0.137. The Labute approximate surface area is 111 Å². The van der Waals surface area contributed by atoms with Crippen molar-refractivity contribution in [2.75, 3.05) is 6.61 Å². The molecule has 0 fully saturated rings. The van der Waals surface area contributed by atoms with Gasteiger partial charge in [-0.3, -0.25) is 0 Å². The summed E-state index contributed by atoms with van der Waals surface area (Å²) >= 11 is 0. The minimum Gasteiger partial charge on any atom is -0.465 e. The second-order valence-electron chi connectivity index (χ2n) is 4.32. The molecule has 1 atom stereocenters. The molecule has 0 aliphatic heterocycles. The van der Waals surface area contributed by atoms with Crippen LogP contribution in [0.25, 0.3) is 0 Å². The van der Waals surface area contributed by atoms with Crippen molar-refractivity contribution < 1.29 is 9.47 Å². The van der Waals surface area contributed by atoms with E-state index in [0.29, 0.717) is 0 Å². The molecule has 0 saturated carbocycles. The first kappa shape index (κ1) is 14.8. The van der Waals surface area contributed by atoms with Gasteiger partial charge in [-0.1, -0.05) is 38.5 Å². The molecule has 2 heteroatoms. The summed E-state index contributed by atoms with van der Waals surface area (Å²) < 4.78 is 11.5. The van der Waals surface area contributed by atoms with Crippen LogP contribution in [0.2, 0.25) is 0 Å². The number of hydrogen-bond donors (Lipinski definition) is 0. The Morgan fingerprint density at radius 1 is 1.22 bits per heavy atom. The highest BCUT2D eigenvalue weighted by Gasteiger charge is 2.07. The van der Waals surface area contributed by atoms with E-state index in [9.17, 15) is 0 Å². The predicted octanol–water partition coefficient (Wildman–Crippen LogP) is 4.35. The lowest BCUT2D eigenvalue weighted by Gasteiger charge is -2.18. The Hall–Kier alpha value is -1.28. The zero-order valence-corrected chi connectivity index (χ0v) is 11.5. The Morgan fingerprint density at radius 2 is 1.94 bits per heavy atom. The van der Waals surface area contributed by atoms with Crippen LogP contribution in [0.5, 0.6) is 5.75 Å². The van der Waals surface area contributed by atoms with Crippen molar-refractivity contribution in [2.24, 2.45) is 0 Å². The Balaban J connectivity index is 2.45. The molecule has 0 aromatic heterocycles. The van der Waals surface area contributed by atoms with Crippen molar-refractivity contribution in [3.63, 3.8) is 0 Å². The summed E-state index contributed by atoms with van der Waals surface area (Å²) in [5.74, 6) is 0.867. The summed E-state index contributed by atoms with van der Waals surface area (Å²) in [5.41, 5.74) is 1.25. The van der Waals surface area contributed by atoms with E-state index in [1.54, 1.807) is 0 Å². The van der Waals surface area contributed by atoms with Crippen molar-refractivity contribution in [1.82, 2.24) is 0 Å². The zero-order chi connectivity index (χ0) is 13.2. The van der Waals surface area contributed by atoms with Gasteiger partial charge in [0.1, 0.15) is 5.75 Å². The van der Waals surface area contributed by atoms with Crippen LogP contribution in [-0.4, -0.2) is 12.9 Å². The maximum absolute atomic E-state index is 5.80. The van der Waals surface area contributed by atoms with Gasteiger partial charge in [-0.2, -0.15) is 0 Å². The molecule has 0 aliphatic carbocycles. The van der Waals surface area contributed by atoms with Crippen LogP contribution in [0.1, 0.15) is 38.7 Å². The number of hydrogen-bond acceptors (Lipinski definition) is 2. The molecule has 0 amide bonds. The van der Waals surface area contributed by atoms with Gasteiger partial charge in [-0.15, -0.1) is 6.58 Å². The van der Waals surface area contributed by atoms with E-state index in [4.69, 9.17) is 9.47 Å². The van der Waals surface area contributed by atoms with Gasteiger partial charge in [0.15, 0.2) is 6.29 Å². The van der Waals surface area contributed by atoms with Crippen molar-refractivity contribution >= 4 is 0 Å². The van der Waals surface area contributed by atoms with E-state index in [1.165, 1.54) is 5.56 Å². The molecule has 100 valence electrons. The van der Waals surface area contributed by atoms with Gasteiger partial charge in [0.25, 0.3) is 0 Å². The average Bonchev–Trinajstić information content (AvgIpc) is 2.40. The molecule has 1 aromatic rings. The highest BCUT2D eigenvalue weighted by molar-refractivity contribution is 5.28. The first-order valence-corrected chi connectivity index (χ1v) is 6.78. The maximum atomic E-state index is 5.80. The maximum Gasteiger partial charge on any atom is 0.199 e. The van der Waals surface area contributed by atoms with Gasteiger partial charge >= 0.3 is 0 Å². The number of ether oxygens (including phenoxy) is 2. The molecule has 0 spiro atoms. The molecule has 0 N–H and O–H groups in total. The lowest BCUT2D eigenvalue weighted by Crippen LogP contribution is -2.20. The van der Waals surface area contributed by atoms with Crippen LogP contribution in [0.4, 0.5) is 0 Å². The van der Waals surface area contributed by atoms with E-state index in [1.807, 2.05) is 18.2 Å². The molecule has 1 rings (SSSR count). The fourth-order valence-corrected chi connectivity index (χ4v) is 1.62. The van der Waals surface area contributed by atoms with Crippen molar-refractivity contribution in [3.8, 4) is 5.75 Å². The summed E-state index contributed by atoms with van der Waals surface area (Å²) in [5, 5.41) is 0. The lowest BCUT2D eigenvalue weighted by atomic mass is 10.1. The molecule has 0 heterocycles. The Morgan fingerprint density at radius 3 is 2.50 bits per heavy atom. The molecule has 2 nitrogen and oxygen atoms in total. The minimum absolute atomic E-state index is 0.137. The normalized spacial score (nSPS) is 12.1. The molecular formula is C16H24O2. The molecule has 0 aliphatic rings. The summed E-state index contributed by atoms with van der Waals surface area (Å²) in [6.45, 7) is 8.73. The van der Waals surface area contributed by atoms with Gasteiger partial charge in [-0.05, 0) is 30.5 Å². The van der Waals surface area contributed by atoms with Gasteiger partial charge in [0.2, 0.25) is 0 Å². The monoisotopic (exact) mass is 248 g/mol. The van der Waals surface area contributed by atoms with E-state index < -0.39 is 0 Å². The van der Waals surface area contributed by atoms with Crippen LogP contribution < -0.4 is 4.74 Å². The van der Waals surface area contributed by atoms with Crippen molar-refractivity contribution in [2.45, 2.75) is 45.8 Å². The third-order valence-corrected chi connectivity index (χ3v) is 2.71. The summed E-state index contributed by atoms with van der Waals surface area (Å²) in [7, 11) is 0. The highest BCUT2D eigenvalue weighted by Crippen LogP contribution is 2.16. The molecule has 0 bridgehead atoms. The van der Waals surface area contributed by atoms with Gasteiger partial charge < -0.3 is 9.47 Å². The fourth-order valence-electron chi connectivity index (χ4n) is 1.62. The first-order chi connectivity index (χ1) is 8.80. The topological polar surface area (TPSA) is 18.5 Å². The van der Waals surface area contributed by atoms with Crippen LogP contribution in [0.3, 0.4) is 0 Å². The largest absolute Gasteiger partial charge is 0.465 e. The Bertz CT molecular complexity index is 329. The molecule has 1 unspecified atom stereocenters. The third-order valence-electron chi connectivity index (χ3n) is 2.71. The summed E-state index contributed by atoms with van der Waals surface area (Å²) in [6.07, 6.45) is 5.74. The second-order valence-corrected chi connectivity index (χ2v) is 4.32. The van der Waals surface area contributed by atoms with Crippen LogP contribution >= 0.6 is 0 Å². The van der Waals surface area contributed by atoms with Crippen LogP contribution in [-0.2, 0) is 11.2 Å². The standard InChI is InChI=1S/C16H24O2/c1-4-7-13-17-16(6-3)18-15-11-9-14(8-5-2)10-12-15/h5,9-12,16H,2,4,6-8,13H2,1,3H3. The molecule has 0 radical (unpaired) electrons. The summed E-state index contributed by atoms with van der Waals surface area (Å²) in [4.78, 5) is 0. The van der Waals surface area contributed by atoms with Crippen LogP contribution in [0.15, 0.2) is 36.9 Å². The van der Waals surface area contributed by atoms with E-state index >= 15 is 0 Å². The van der Waals surface area contributed by atoms with E-state index in [2.05, 4.69) is 32.6 Å². The zero-order valence-electron chi connectivity index (χ0n) is 11.5. The van der Waals surface area contributed by atoms with E-state index in [0.717, 1.165) is 38.0 Å². The Kier molecular flexibility index (Phi) is 7.19. The SMILES string of the molecule is C=CCc1ccc(OC(CC)OCCCC)cc1. The number of benzene rings is 1. The third kappa shape index (κ3) is 5.37. The highest BCUT2D eigenvalue weighted by atomic mass is 16.7. The van der Waals surface area contributed by atoms with Crippen molar-refractivity contribution in [3.05, 3.63) is 42.5 Å². The number of allylic oxidation sites excluding steroid dienone is 1. The quantitative estimate of drug-likeness (QED) is 0.367. The van der Waals surface area contributed by atoms with Crippen LogP contribution in [0, 0.1) is 0 Å². The summed E-state index contributed by atoms with van der Waals surface area (Å²) in [6, 6.07) is 8.11. The van der Waals surface area contributed by atoms with Gasteiger partial charge in [-0.25, -0.2) is 0 Å². The molecule has 1 aromatic carbocycles. The predicted molar refractivity (Wildman–Crippen MR) is 75.9 cm³/mol. The second kappa shape index (κ2) is 8.76. The fraction of sp³-hybridized carbons (Fsp3) is 0.500. The van der Waals surface area contributed by atoms with E-state index in [-0.39, 0.29) is 6.29 Å². The smallest absolute Gasteiger partial charge is 0.199 e. The number of unbranched alkanes of at least 4 members (excludes halogenated alkanes) is 1. The number of rotatable bonds is 9. The van der Waals surface area contributed by atoms with Crippen molar-refractivity contribution in [1.29, 1.82) is 0 Å².